The number of fused-ring (bicyclic) bond motifs is 1. The molecule has 0 aliphatic heterocycles. The van der Waals surface area contributed by atoms with Crippen LogP contribution in [0.2, 0.25) is 0 Å². The van der Waals surface area contributed by atoms with Crippen molar-refractivity contribution in [3.8, 4) is 11.3 Å². The molecular weight excluding hydrogens is 551 g/mol. The summed E-state index contributed by atoms with van der Waals surface area (Å²) in [5.41, 5.74) is -1.51. The maximum atomic E-state index is 13.5. The average Bonchev–Trinajstić information content (AvgIpc) is 2.81. The van der Waals surface area contributed by atoms with Crippen molar-refractivity contribution in [2.75, 3.05) is 0 Å². The fourth-order valence-corrected chi connectivity index (χ4v) is 5.88. The third-order valence-electron chi connectivity index (χ3n) is 5.17. The number of hydrogen-bond donors (Lipinski definition) is 1. The molecule has 5 nitrogen and oxygen atoms in total. The van der Waals surface area contributed by atoms with Crippen LogP contribution in [0.3, 0.4) is 0 Å². The minimum absolute atomic E-state index is 0.0148. The van der Waals surface area contributed by atoms with E-state index in [2.05, 4.69) is 15.0 Å². The Kier molecular flexibility index (Phi) is 7.04. The zero-order chi connectivity index (χ0) is 26.1. The summed E-state index contributed by atoms with van der Waals surface area (Å²) < 4.78 is 80.4. The number of pyridine rings is 1. The third-order valence-corrected chi connectivity index (χ3v) is 7.77. The number of benzene rings is 2. The molecular formula is C24H16AsF6N3O2. The van der Waals surface area contributed by atoms with E-state index in [4.69, 9.17) is 5.11 Å². The second kappa shape index (κ2) is 9.89. The van der Waals surface area contributed by atoms with Crippen LogP contribution in [0.15, 0.2) is 60.8 Å². The van der Waals surface area contributed by atoms with Crippen LogP contribution in [0.5, 0.6) is 0 Å². The molecule has 0 aliphatic rings. The normalized spacial score (nSPS) is 12.5. The van der Waals surface area contributed by atoms with E-state index >= 15 is 0 Å². The quantitative estimate of drug-likeness (QED) is 0.280. The Bertz CT molecular complexity index is 1420. The predicted molar refractivity (Wildman–Crippen MR) is 122 cm³/mol. The van der Waals surface area contributed by atoms with Gasteiger partial charge in [-0.25, -0.2) is 0 Å². The van der Waals surface area contributed by atoms with Crippen LogP contribution in [-0.2, 0) is 23.6 Å². The molecule has 2 heterocycles. The fraction of sp³-hybridized carbons (Fsp3) is 0.167. The monoisotopic (exact) mass is 567 g/mol. The van der Waals surface area contributed by atoms with Crippen molar-refractivity contribution in [2.45, 2.75) is 25.2 Å². The number of carboxylic acid groups (broad SMARTS) is 1. The molecule has 1 N–H and O–H groups in total. The number of halogens is 6. The molecule has 0 saturated carbocycles. The van der Waals surface area contributed by atoms with Crippen LogP contribution in [0.4, 0.5) is 26.3 Å². The van der Waals surface area contributed by atoms with E-state index in [9.17, 15) is 31.1 Å². The van der Waals surface area contributed by atoms with Crippen molar-refractivity contribution in [3.63, 3.8) is 0 Å². The van der Waals surface area contributed by atoms with Crippen molar-refractivity contribution in [1.82, 2.24) is 15.0 Å². The fourth-order valence-electron chi connectivity index (χ4n) is 3.49. The first-order valence-electron chi connectivity index (χ1n) is 10.4. The van der Waals surface area contributed by atoms with Crippen molar-refractivity contribution >= 4 is 41.5 Å². The number of carbonyl (C=O) groups is 1. The zero-order valence-corrected chi connectivity index (χ0v) is 20.3. The second-order valence-corrected chi connectivity index (χ2v) is 10.4. The van der Waals surface area contributed by atoms with Gasteiger partial charge in [-0.15, -0.1) is 0 Å². The number of rotatable bonds is 6. The van der Waals surface area contributed by atoms with Gasteiger partial charge in [0.2, 0.25) is 0 Å². The summed E-state index contributed by atoms with van der Waals surface area (Å²) in [7, 11) is 0. The van der Waals surface area contributed by atoms with Crippen LogP contribution >= 0.6 is 0 Å². The molecule has 0 saturated heterocycles. The Balaban J connectivity index is 1.79. The van der Waals surface area contributed by atoms with Gasteiger partial charge < -0.3 is 0 Å². The number of carboxylic acids is 1. The van der Waals surface area contributed by atoms with Crippen molar-refractivity contribution in [2.24, 2.45) is 0 Å². The number of nitrogens with zero attached hydrogens (tertiary/aromatic N) is 3. The van der Waals surface area contributed by atoms with Crippen LogP contribution in [0, 0.1) is 0 Å². The number of hydrogen-bond acceptors (Lipinski definition) is 4. The molecule has 0 aliphatic carbocycles. The molecule has 4 aromatic rings. The molecule has 0 spiro atoms. The average molecular weight is 567 g/mol. The number of aryl methyl sites for hydroxylation is 1. The Morgan fingerprint density at radius 3 is 2.28 bits per heavy atom. The van der Waals surface area contributed by atoms with Gasteiger partial charge in [-0.2, -0.15) is 0 Å². The van der Waals surface area contributed by atoms with Crippen LogP contribution < -0.4 is 8.83 Å². The van der Waals surface area contributed by atoms with Crippen LogP contribution in [-0.4, -0.2) is 41.8 Å². The van der Waals surface area contributed by atoms with Gasteiger partial charge in [0, 0.05) is 0 Å². The minimum atomic E-state index is -4.63. The van der Waals surface area contributed by atoms with Gasteiger partial charge >= 0.3 is 207 Å². The van der Waals surface area contributed by atoms with E-state index in [0.29, 0.717) is 19.7 Å². The first kappa shape index (κ1) is 25.6. The van der Waals surface area contributed by atoms with Crippen LogP contribution in [0.25, 0.3) is 22.2 Å². The molecule has 36 heavy (non-hydrogen) atoms. The van der Waals surface area contributed by atoms with Gasteiger partial charge in [0.25, 0.3) is 0 Å². The van der Waals surface area contributed by atoms with Gasteiger partial charge in [0.1, 0.15) is 0 Å². The van der Waals surface area contributed by atoms with Gasteiger partial charge in [-0.1, -0.05) is 0 Å². The van der Waals surface area contributed by atoms with Crippen molar-refractivity contribution in [1.29, 1.82) is 0 Å². The van der Waals surface area contributed by atoms with E-state index < -0.39 is 45.2 Å². The molecule has 0 bridgehead atoms. The first-order chi connectivity index (χ1) is 16.9. The van der Waals surface area contributed by atoms with Gasteiger partial charge in [0.05, 0.1) is 0 Å². The second-order valence-electron chi connectivity index (χ2n) is 7.71. The summed E-state index contributed by atoms with van der Waals surface area (Å²) in [5.74, 6) is -0.888. The molecule has 2 aromatic carbocycles. The van der Waals surface area contributed by atoms with Gasteiger partial charge in [0.15, 0.2) is 0 Å². The van der Waals surface area contributed by atoms with E-state index in [1.54, 1.807) is 6.07 Å². The Hall–Kier alpha value is -3.46. The number of aromatic nitrogens is 3. The summed E-state index contributed by atoms with van der Waals surface area (Å²) in [5, 5.41) is 9.56. The van der Waals surface area contributed by atoms with E-state index in [0.717, 1.165) is 18.2 Å². The van der Waals surface area contributed by atoms with Gasteiger partial charge in [-0.3, -0.25) is 0 Å². The molecule has 1 unspecified atom stereocenters. The van der Waals surface area contributed by atoms with Crippen molar-refractivity contribution < 1.29 is 36.2 Å². The summed E-state index contributed by atoms with van der Waals surface area (Å²) in [6, 6.07) is 11.3. The van der Waals surface area contributed by atoms with E-state index in [1.807, 2.05) is 0 Å². The predicted octanol–water partition coefficient (Wildman–Crippen LogP) is 4.13. The van der Waals surface area contributed by atoms with Crippen LogP contribution in [0.1, 0.15) is 23.4 Å². The SMILES string of the molecule is O=C(O)CCc1nc([AsH]c2ccc(C(F)(F)F)cc2)c2ccc(-c3ncccc3C(F)(F)F)cc2n1. The number of alkyl halides is 6. The van der Waals surface area contributed by atoms with E-state index in [1.165, 1.54) is 36.5 Å². The number of aliphatic carboxylic acids is 1. The Labute approximate surface area is 206 Å². The molecule has 0 radical (unpaired) electrons. The molecule has 1 atom stereocenters. The van der Waals surface area contributed by atoms with Gasteiger partial charge in [-0.05, 0) is 0 Å². The molecule has 186 valence electrons. The Morgan fingerprint density at radius 1 is 0.917 bits per heavy atom. The standard InChI is InChI=1S/C24H16AsF6N3O2/c26-23(27,28)14-4-6-15(7-5-14)25-22-16-8-3-13(21-17(24(29,30)31)2-1-11-32-21)12-18(16)33-19(34-22)9-10-20(35)36/h1-8,11-12,25H,9-10H2,(H,35,36). The molecule has 0 amide bonds. The molecule has 0 fully saturated rings. The summed E-state index contributed by atoms with van der Waals surface area (Å²) in [6.07, 6.45) is -8.13. The zero-order valence-electron chi connectivity index (χ0n) is 18.2. The topological polar surface area (TPSA) is 76.0 Å². The van der Waals surface area contributed by atoms with E-state index in [-0.39, 0.29) is 29.9 Å². The first-order valence-corrected chi connectivity index (χ1v) is 12.5. The van der Waals surface area contributed by atoms with Crippen molar-refractivity contribution in [3.05, 3.63) is 77.7 Å². The molecule has 2 aromatic heterocycles. The summed E-state index contributed by atoms with van der Waals surface area (Å²) in [4.78, 5) is 23.8. The maximum absolute atomic E-state index is 13.5. The third kappa shape index (κ3) is 5.84. The Morgan fingerprint density at radius 2 is 1.64 bits per heavy atom. The molecule has 12 heteroatoms. The summed E-state index contributed by atoms with van der Waals surface area (Å²) >= 11 is -1.29. The summed E-state index contributed by atoms with van der Waals surface area (Å²) in [6.45, 7) is 0. The molecule has 4 rings (SSSR count).